The fourth-order valence-corrected chi connectivity index (χ4v) is 2.42. The molecule has 0 bridgehead atoms. The number of carbonyl (C=O) groups excluding carboxylic acids is 2. The Bertz CT molecular complexity index is 688. The largest absolute Gasteiger partial charge is 0.457 e. The van der Waals surface area contributed by atoms with E-state index < -0.39 is 34.2 Å². The minimum atomic E-state index is -3.94. The summed E-state index contributed by atoms with van der Waals surface area (Å²) in [6, 6.07) is 3.94. The highest BCUT2D eigenvalue weighted by atomic mass is 32.2. The molecule has 0 spiro atoms. The van der Waals surface area contributed by atoms with Gasteiger partial charge in [-0.25, -0.2) is 23.1 Å². The van der Waals surface area contributed by atoms with E-state index in [2.05, 4.69) is 0 Å². The summed E-state index contributed by atoms with van der Waals surface area (Å²) in [5.41, 5.74) is -0.293. The summed E-state index contributed by atoms with van der Waals surface area (Å²) in [5.74, 6) is -1.53. The third-order valence-corrected chi connectivity index (χ3v) is 3.52. The molecule has 0 atom stereocenters. The predicted molar refractivity (Wildman–Crippen MR) is 78.7 cm³/mol. The van der Waals surface area contributed by atoms with Gasteiger partial charge in [0.2, 0.25) is 10.0 Å². The van der Waals surface area contributed by atoms with Crippen LogP contribution in [0.4, 0.5) is 0 Å². The van der Waals surface area contributed by atoms with E-state index in [1.807, 2.05) is 0 Å². The van der Waals surface area contributed by atoms with Crippen molar-refractivity contribution in [3.8, 4) is 0 Å². The number of benzene rings is 1. The third-order valence-electron chi connectivity index (χ3n) is 2.47. The molecule has 0 aliphatic heterocycles. The topological polar surface area (TPSA) is 113 Å². The molecule has 0 saturated heterocycles. The van der Waals surface area contributed by atoms with Crippen molar-refractivity contribution >= 4 is 22.0 Å². The van der Waals surface area contributed by atoms with Crippen molar-refractivity contribution in [1.82, 2.24) is 0 Å². The molecule has 0 aromatic heterocycles. The highest BCUT2D eigenvalue weighted by molar-refractivity contribution is 7.89. The van der Waals surface area contributed by atoms with Crippen molar-refractivity contribution in [3.63, 3.8) is 0 Å². The number of hydrogen-bond donors (Lipinski definition) is 1. The van der Waals surface area contributed by atoms with Crippen LogP contribution in [-0.4, -0.2) is 32.6 Å². The zero-order chi connectivity index (χ0) is 17.1. The summed E-state index contributed by atoms with van der Waals surface area (Å²) in [5, 5.41) is 5.06. The van der Waals surface area contributed by atoms with Gasteiger partial charge in [-0.2, -0.15) is 0 Å². The molecular formula is C14H19NO6S. The predicted octanol–water partition coefficient (Wildman–Crippen LogP) is 1.14. The fourth-order valence-electron chi connectivity index (χ4n) is 1.61. The number of esters is 2. The van der Waals surface area contributed by atoms with Crippen molar-refractivity contribution < 1.29 is 27.5 Å². The summed E-state index contributed by atoms with van der Waals surface area (Å²) in [7, 11) is -3.94. The lowest BCUT2D eigenvalue weighted by atomic mass is 10.1. The molecule has 0 heterocycles. The van der Waals surface area contributed by atoms with Gasteiger partial charge >= 0.3 is 11.9 Å². The van der Waals surface area contributed by atoms with Crippen LogP contribution in [0.2, 0.25) is 0 Å². The summed E-state index contributed by atoms with van der Waals surface area (Å²) in [4.78, 5) is 23.1. The summed E-state index contributed by atoms with van der Waals surface area (Å²) in [6.07, 6.45) is 0. The first-order valence-electron chi connectivity index (χ1n) is 6.42. The Balaban J connectivity index is 2.81. The zero-order valence-corrected chi connectivity index (χ0v) is 13.7. The molecule has 7 nitrogen and oxygen atoms in total. The SMILES string of the molecule is Cc1ccc(C(=O)OCC(=O)OC(C)(C)C)cc1S(N)(=O)=O. The highest BCUT2D eigenvalue weighted by Gasteiger charge is 2.19. The van der Waals surface area contributed by atoms with Crippen molar-refractivity contribution in [1.29, 1.82) is 0 Å². The van der Waals surface area contributed by atoms with E-state index in [9.17, 15) is 18.0 Å². The number of sulfonamides is 1. The Morgan fingerprint density at radius 1 is 1.23 bits per heavy atom. The van der Waals surface area contributed by atoms with Crippen LogP contribution in [0.5, 0.6) is 0 Å². The number of primary sulfonamides is 1. The quantitative estimate of drug-likeness (QED) is 0.829. The monoisotopic (exact) mass is 329 g/mol. The Labute approximate surface area is 129 Å². The summed E-state index contributed by atoms with van der Waals surface area (Å²) >= 11 is 0. The first-order chi connectivity index (χ1) is 9.90. The normalized spacial score (nSPS) is 11.9. The lowest BCUT2D eigenvalue weighted by Gasteiger charge is -2.19. The molecule has 0 radical (unpaired) electrons. The average molecular weight is 329 g/mol. The first kappa shape index (κ1) is 18.1. The molecule has 0 fully saturated rings. The van der Waals surface area contributed by atoms with Gasteiger partial charge in [-0.15, -0.1) is 0 Å². The maximum atomic E-state index is 11.8. The molecule has 2 N–H and O–H groups in total. The lowest BCUT2D eigenvalue weighted by molar-refractivity contribution is -0.158. The minimum Gasteiger partial charge on any atom is -0.457 e. The average Bonchev–Trinajstić information content (AvgIpc) is 2.33. The molecule has 0 aliphatic carbocycles. The maximum absolute atomic E-state index is 11.8. The van der Waals surface area contributed by atoms with E-state index in [0.29, 0.717) is 5.56 Å². The van der Waals surface area contributed by atoms with E-state index in [-0.39, 0.29) is 10.5 Å². The molecule has 8 heteroatoms. The fraction of sp³-hybridized carbons (Fsp3) is 0.429. The molecule has 0 saturated carbocycles. The Kier molecular flexibility index (Phi) is 5.31. The number of nitrogens with two attached hydrogens (primary N) is 1. The number of aryl methyl sites for hydroxylation is 1. The van der Waals surface area contributed by atoms with Crippen LogP contribution >= 0.6 is 0 Å². The van der Waals surface area contributed by atoms with Crippen molar-refractivity contribution in [3.05, 3.63) is 29.3 Å². The molecule has 0 unspecified atom stereocenters. The Morgan fingerprint density at radius 2 is 1.82 bits per heavy atom. The Hall–Kier alpha value is -1.93. The second-order valence-corrected chi connectivity index (χ2v) is 7.22. The second-order valence-electron chi connectivity index (χ2n) is 5.69. The van der Waals surface area contributed by atoms with Crippen molar-refractivity contribution in [2.75, 3.05) is 6.61 Å². The number of hydrogen-bond acceptors (Lipinski definition) is 6. The van der Waals surface area contributed by atoms with Gasteiger partial charge in [0, 0.05) is 0 Å². The van der Waals surface area contributed by atoms with Crippen LogP contribution in [0.25, 0.3) is 0 Å². The van der Waals surface area contributed by atoms with E-state index in [1.165, 1.54) is 12.1 Å². The number of rotatable bonds is 4. The van der Waals surface area contributed by atoms with Gasteiger partial charge in [0.05, 0.1) is 10.5 Å². The maximum Gasteiger partial charge on any atom is 0.344 e. The van der Waals surface area contributed by atoms with E-state index in [1.54, 1.807) is 27.7 Å². The van der Waals surface area contributed by atoms with Gasteiger partial charge in [0.25, 0.3) is 0 Å². The highest BCUT2D eigenvalue weighted by Crippen LogP contribution is 2.16. The van der Waals surface area contributed by atoms with Gasteiger partial charge in [-0.3, -0.25) is 0 Å². The lowest BCUT2D eigenvalue weighted by Crippen LogP contribution is -2.27. The van der Waals surface area contributed by atoms with Gasteiger partial charge in [0.15, 0.2) is 6.61 Å². The van der Waals surface area contributed by atoms with Gasteiger partial charge in [-0.05, 0) is 45.4 Å². The molecule has 1 aromatic rings. The zero-order valence-electron chi connectivity index (χ0n) is 12.9. The number of carbonyl (C=O) groups is 2. The van der Waals surface area contributed by atoms with Crippen LogP contribution in [0, 0.1) is 6.92 Å². The Morgan fingerprint density at radius 3 is 2.32 bits per heavy atom. The second kappa shape index (κ2) is 6.45. The smallest absolute Gasteiger partial charge is 0.344 e. The standard InChI is InChI=1S/C14H19NO6S/c1-9-5-6-10(7-11(9)22(15,18)19)13(17)20-8-12(16)21-14(2,3)4/h5-7H,8H2,1-4H3,(H2,15,18,19). The van der Waals surface area contributed by atoms with Crippen molar-refractivity contribution in [2.45, 2.75) is 38.2 Å². The molecule has 0 aliphatic rings. The van der Waals surface area contributed by atoms with Crippen LogP contribution in [0.1, 0.15) is 36.7 Å². The van der Waals surface area contributed by atoms with E-state index in [0.717, 1.165) is 6.07 Å². The van der Waals surface area contributed by atoms with Gasteiger partial charge in [-0.1, -0.05) is 6.07 Å². The summed E-state index contributed by atoms with van der Waals surface area (Å²) < 4.78 is 32.6. The third kappa shape index (κ3) is 5.45. The van der Waals surface area contributed by atoms with Crippen LogP contribution < -0.4 is 5.14 Å². The van der Waals surface area contributed by atoms with Crippen LogP contribution in [-0.2, 0) is 24.3 Å². The molecule has 122 valence electrons. The minimum absolute atomic E-state index is 0.0156. The summed E-state index contributed by atoms with van der Waals surface area (Å²) in [6.45, 7) is 6.05. The molecule has 22 heavy (non-hydrogen) atoms. The van der Waals surface area contributed by atoms with Gasteiger partial charge < -0.3 is 9.47 Å². The molecule has 1 rings (SSSR count). The first-order valence-corrected chi connectivity index (χ1v) is 7.97. The molecule has 0 amide bonds. The van der Waals surface area contributed by atoms with E-state index in [4.69, 9.17) is 14.6 Å². The molecule has 1 aromatic carbocycles. The van der Waals surface area contributed by atoms with E-state index >= 15 is 0 Å². The molecular weight excluding hydrogens is 310 g/mol. The van der Waals surface area contributed by atoms with Crippen molar-refractivity contribution in [2.24, 2.45) is 5.14 Å². The van der Waals surface area contributed by atoms with Gasteiger partial charge in [0.1, 0.15) is 5.60 Å². The van der Waals surface area contributed by atoms with Crippen LogP contribution in [0.15, 0.2) is 23.1 Å². The van der Waals surface area contributed by atoms with Crippen LogP contribution in [0.3, 0.4) is 0 Å². The number of ether oxygens (including phenoxy) is 2.